The lowest BCUT2D eigenvalue weighted by Crippen LogP contribution is -2.11. The Hall–Kier alpha value is -3.73. The van der Waals surface area contributed by atoms with Gasteiger partial charge in [0, 0.05) is 34.7 Å². The molecular weight excluding hydrogens is 469 g/mol. The molecule has 0 bridgehead atoms. The van der Waals surface area contributed by atoms with Crippen molar-refractivity contribution in [2.75, 3.05) is 17.3 Å². The van der Waals surface area contributed by atoms with Crippen LogP contribution < -0.4 is 15.5 Å². The Labute approximate surface area is 204 Å². The van der Waals surface area contributed by atoms with Crippen LogP contribution in [-0.2, 0) is 0 Å². The molecule has 0 aliphatic heterocycles. The van der Waals surface area contributed by atoms with E-state index in [2.05, 4.69) is 19.5 Å². The van der Waals surface area contributed by atoms with Gasteiger partial charge >= 0.3 is 5.97 Å². The molecule has 1 unspecified atom stereocenters. The molecule has 0 amide bonds. The molecular formula is C26H21ClN3O3P. The highest BCUT2D eigenvalue weighted by atomic mass is 35.5. The number of carbonyl (C=O) groups excluding carboxylic acids is 1. The summed E-state index contributed by atoms with van der Waals surface area (Å²) in [5.74, 6) is -1.49. The molecule has 2 N–H and O–H groups in total. The summed E-state index contributed by atoms with van der Waals surface area (Å²) < 4.78 is 0. The molecule has 4 rings (SSSR count). The van der Waals surface area contributed by atoms with Gasteiger partial charge in [0.2, 0.25) is 5.78 Å². The minimum absolute atomic E-state index is 0.00877. The van der Waals surface area contributed by atoms with E-state index in [-0.39, 0.29) is 22.6 Å². The van der Waals surface area contributed by atoms with E-state index in [1.54, 1.807) is 36.5 Å². The minimum Gasteiger partial charge on any atom is -0.478 e. The largest absolute Gasteiger partial charge is 0.478 e. The number of benzene rings is 3. The topological polar surface area (TPSA) is 82.5 Å². The lowest BCUT2D eigenvalue weighted by atomic mass is 10.0. The van der Waals surface area contributed by atoms with E-state index < -0.39 is 5.97 Å². The molecule has 0 saturated heterocycles. The van der Waals surface area contributed by atoms with Gasteiger partial charge in [-0.1, -0.05) is 23.7 Å². The third-order valence-electron chi connectivity index (χ3n) is 5.20. The molecule has 1 atom stereocenters. The zero-order chi connectivity index (χ0) is 24.2. The number of aromatic nitrogens is 1. The Morgan fingerprint density at radius 2 is 1.62 bits per heavy atom. The Bertz CT molecular complexity index is 1360. The number of hydrogen-bond donors (Lipinski definition) is 2. The fourth-order valence-electron chi connectivity index (χ4n) is 3.42. The molecule has 8 heteroatoms. The first-order valence-electron chi connectivity index (χ1n) is 10.3. The lowest BCUT2D eigenvalue weighted by molar-refractivity contribution is 0.0697. The van der Waals surface area contributed by atoms with Gasteiger partial charge in [0.25, 0.3) is 0 Å². The van der Waals surface area contributed by atoms with Crippen LogP contribution in [-0.4, -0.2) is 28.9 Å². The summed E-state index contributed by atoms with van der Waals surface area (Å²) in [6.45, 7) is 0. The number of carboxylic acids is 1. The lowest BCUT2D eigenvalue weighted by Gasteiger charge is -2.19. The molecule has 0 saturated carbocycles. The fourth-order valence-corrected chi connectivity index (χ4v) is 3.83. The van der Waals surface area contributed by atoms with Crippen LogP contribution in [0.15, 0.2) is 85.1 Å². The van der Waals surface area contributed by atoms with Crippen molar-refractivity contribution in [2.24, 2.45) is 0 Å². The van der Waals surface area contributed by atoms with Gasteiger partial charge in [-0.2, -0.15) is 0 Å². The summed E-state index contributed by atoms with van der Waals surface area (Å²) in [5.41, 5.74) is 3.44. The maximum atomic E-state index is 13.2. The SMILES string of the molecule is CN(c1ccc(Cl)cc1)c1ccc(C(=O)c2cc(Nc3cccc(P)c3)cc(C(=O)O)c2)nc1. The van der Waals surface area contributed by atoms with Gasteiger partial charge in [-0.15, -0.1) is 9.24 Å². The Morgan fingerprint density at radius 3 is 2.26 bits per heavy atom. The summed E-state index contributed by atoms with van der Waals surface area (Å²) in [5, 5.41) is 14.3. The molecule has 0 aliphatic carbocycles. The van der Waals surface area contributed by atoms with E-state index in [0.717, 1.165) is 22.4 Å². The molecule has 34 heavy (non-hydrogen) atoms. The standard InChI is InChI=1S/C26H21ClN3O3P/c1-30(21-7-5-18(27)6-8-21)22-9-10-24(28-15-22)25(31)16-11-17(26(32)33)13-20(12-16)29-19-3-2-4-23(34)14-19/h2-15,29H,34H2,1H3,(H,32,33). The number of ketones is 1. The van der Waals surface area contributed by atoms with Gasteiger partial charge in [-0.25, -0.2) is 4.79 Å². The first-order chi connectivity index (χ1) is 16.3. The zero-order valence-electron chi connectivity index (χ0n) is 18.2. The smallest absolute Gasteiger partial charge is 0.335 e. The Balaban J connectivity index is 1.60. The van der Waals surface area contributed by atoms with Crippen molar-refractivity contribution >= 4 is 60.6 Å². The third-order valence-corrected chi connectivity index (χ3v) is 5.81. The summed E-state index contributed by atoms with van der Waals surface area (Å²) >= 11 is 5.96. The highest BCUT2D eigenvalue weighted by Gasteiger charge is 2.16. The number of carbonyl (C=O) groups is 2. The number of rotatable bonds is 7. The van der Waals surface area contributed by atoms with Crippen LogP contribution in [0.3, 0.4) is 0 Å². The number of halogens is 1. The number of hydrogen-bond acceptors (Lipinski definition) is 5. The summed E-state index contributed by atoms with van der Waals surface area (Å²) in [4.78, 5) is 31.1. The Morgan fingerprint density at radius 1 is 0.912 bits per heavy atom. The van der Waals surface area contributed by atoms with Crippen molar-refractivity contribution in [3.8, 4) is 0 Å². The number of nitrogens with zero attached hydrogens (tertiary/aromatic N) is 2. The van der Waals surface area contributed by atoms with Crippen molar-refractivity contribution < 1.29 is 14.7 Å². The molecule has 4 aromatic rings. The maximum Gasteiger partial charge on any atom is 0.335 e. The molecule has 6 nitrogen and oxygen atoms in total. The molecule has 0 aliphatic rings. The highest BCUT2D eigenvalue weighted by Crippen LogP contribution is 2.26. The zero-order valence-corrected chi connectivity index (χ0v) is 20.1. The number of anilines is 4. The predicted octanol–water partition coefficient (Wildman–Crippen LogP) is 5.68. The highest BCUT2D eigenvalue weighted by molar-refractivity contribution is 7.27. The predicted molar refractivity (Wildman–Crippen MR) is 140 cm³/mol. The number of pyridine rings is 1. The average Bonchev–Trinajstić information content (AvgIpc) is 2.83. The van der Waals surface area contributed by atoms with E-state index in [1.807, 2.05) is 48.3 Å². The van der Waals surface area contributed by atoms with Gasteiger partial charge in [0.1, 0.15) is 5.69 Å². The molecule has 170 valence electrons. The van der Waals surface area contributed by atoms with Crippen molar-refractivity contribution in [2.45, 2.75) is 0 Å². The molecule has 0 fully saturated rings. The van der Waals surface area contributed by atoms with Crippen LogP contribution in [0.5, 0.6) is 0 Å². The molecule has 1 aromatic heterocycles. The van der Waals surface area contributed by atoms with Crippen LogP contribution in [0, 0.1) is 0 Å². The second-order valence-electron chi connectivity index (χ2n) is 7.62. The average molecular weight is 490 g/mol. The van der Waals surface area contributed by atoms with Crippen LogP contribution in [0.1, 0.15) is 26.4 Å². The maximum absolute atomic E-state index is 13.2. The first-order valence-corrected chi connectivity index (χ1v) is 11.3. The summed E-state index contributed by atoms with van der Waals surface area (Å²) in [6.07, 6.45) is 1.60. The molecule has 0 radical (unpaired) electrons. The van der Waals surface area contributed by atoms with E-state index in [9.17, 15) is 14.7 Å². The van der Waals surface area contributed by atoms with Crippen molar-refractivity contribution in [3.63, 3.8) is 0 Å². The molecule has 3 aromatic carbocycles. The quantitative estimate of drug-likeness (QED) is 0.257. The third kappa shape index (κ3) is 5.42. The van der Waals surface area contributed by atoms with E-state index in [4.69, 9.17) is 11.6 Å². The normalized spacial score (nSPS) is 10.6. The number of carboxylic acid groups (broad SMARTS) is 1. The van der Waals surface area contributed by atoms with Crippen molar-refractivity contribution in [1.82, 2.24) is 4.98 Å². The van der Waals surface area contributed by atoms with Crippen LogP contribution in [0.25, 0.3) is 0 Å². The fraction of sp³-hybridized carbons (Fsp3) is 0.0385. The molecule has 1 heterocycles. The van der Waals surface area contributed by atoms with Gasteiger partial charge < -0.3 is 15.3 Å². The van der Waals surface area contributed by atoms with Crippen LogP contribution in [0.4, 0.5) is 22.7 Å². The summed E-state index contributed by atoms with van der Waals surface area (Å²) in [6, 6.07) is 22.8. The Kier molecular flexibility index (Phi) is 6.92. The number of nitrogens with one attached hydrogen (secondary N) is 1. The minimum atomic E-state index is -1.12. The van der Waals surface area contributed by atoms with Crippen molar-refractivity contribution in [3.05, 3.63) is 107 Å². The second-order valence-corrected chi connectivity index (χ2v) is 8.72. The van der Waals surface area contributed by atoms with Gasteiger partial charge in [-0.3, -0.25) is 9.78 Å². The van der Waals surface area contributed by atoms with E-state index in [0.29, 0.717) is 10.7 Å². The van der Waals surface area contributed by atoms with Crippen LogP contribution >= 0.6 is 20.8 Å². The van der Waals surface area contributed by atoms with Gasteiger partial charge in [-0.05, 0) is 72.0 Å². The van der Waals surface area contributed by atoms with E-state index in [1.165, 1.54) is 12.1 Å². The van der Waals surface area contributed by atoms with Gasteiger partial charge in [0.05, 0.1) is 17.4 Å². The van der Waals surface area contributed by atoms with E-state index >= 15 is 0 Å². The second kappa shape index (κ2) is 10.0. The van der Waals surface area contributed by atoms with Crippen molar-refractivity contribution in [1.29, 1.82) is 0 Å². The van der Waals surface area contributed by atoms with Crippen LogP contribution in [0.2, 0.25) is 5.02 Å². The summed E-state index contributed by atoms with van der Waals surface area (Å²) in [7, 11) is 4.50. The molecule has 0 spiro atoms. The number of aromatic carboxylic acids is 1. The van der Waals surface area contributed by atoms with Gasteiger partial charge in [0.15, 0.2) is 0 Å². The monoisotopic (exact) mass is 489 g/mol. The first kappa shape index (κ1) is 23.4.